The van der Waals surface area contributed by atoms with E-state index in [2.05, 4.69) is 10.3 Å². The van der Waals surface area contributed by atoms with Crippen molar-refractivity contribution < 1.29 is 18.0 Å². The first-order valence-corrected chi connectivity index (χ1v) is 9.79. The summed E-state index contributed by atoms with van der Waals surface area (Å²) in [5.74, 6) is -1.46. The lowest BCUT2D eigenvalue weighted by molar-refractivity contribution is -0.116. The quantitative estimate of drug-likeness (QED) is 0.429. The maximum atomic E-state index is 14.6. The molecule has 1 unspecified atom stereocenters. The number of carbonyl (C=O) groups is 1. The first-order valence-electron chi connectivity index (χ1n) is 9.79. The minimum Gasteiger partial charge on any atom is -0.469 e. The zero-order valence-corrected chi connectivity index (χ0v) is 16.8. The average molecular weight is 429 g/mol. The van der Waals surface area contributed by atoms with E-state index in [0.29, 0.717) is 11.3 Å². The molecule has 0 aliphatic rings. The Kier molecular flexibility index (Phi) is 6.04. The Morgan fingerprint density at radius 3 is 2.56 bits per heavy atom. The molecular weight excluding hydrogens is 412 g/mol. The van der Waals surface area contributed by atoms with Crippen LogP contribution in [0.25, 0.3) is 11.1 Å². The number of hydrogen-bond acceptors (Lipinski definition) is 4. The average Bonchev–Trinajstić information content (AvgIpc) is 3.33. The van der Waals surface area contributed by atoms with Gasteiger partial charge in [0.25, 0.3) is 0 Å². The summed E-state index contributed by atoms with van der Waals surface area (Å²) in [5.41, 5.74) is 1.42. The second-order valence-electron chi connectivity index (χ2n) is 7.08. The highest BCUT2D eigenvalue weighted by Crippen LogP contribution is 2.30. The molecule has 0 saturated heterocycles. The zero-order valence-electron chi connectivity index (χ0n) is 16.8. The minimum absolute atomic E-state index is 0.000914. The van der Waals surface area contributed by atoms with Crippen LogP contribution in [0.5, 0.6) is 0 Å². The van der Waals surface area contributed by atoms with E-state index in [-0.39, 0.29) is 34.8 Å². The standard InChI is InChI=1S/C25H17F2N3O2/c26-22-5-2-1-4-19(22)20-8-7-17(13-23(20)27)30-25(31)14-21(24-6-3-11-32-24)16-9-10-29-18(12-16)15-28/h1-13,21H,14H2,(H,30,31). The lowest BCUT2D eigenvalue weighted by Gasteiger charge is -2.15. The smallest absolute Gasteiger partial charge is 0.225 e. The second-order valence-corrected chi connectivity index (χ2v) is 7.08. The van der Waals surface area contributed by atoms with E-state index in [9.17, 15) is 13.6 Å². The van der Waals surface area contributed by atoms with E-state index in [1.54, 1.807) is 30.3 Å². The fraction of sp³-hybridized carbons (Fsp3) is 0.0800. The van der Waals surface area contributed by atoms with E-state index < -0.39 is 17.6 Å². The largest absolute Gasteiger partial charge is 0.469 e. The predicted molar refractivity (Wildman–Crippen MR) is 115 cm³/mol. The highest BCUT2D eigenvalue weighted by Gasteiger charge is 2.22. The van der Waals surface area contributed by atoms with E-state index in [0.717, 1.165) is 6.07 Å². The molecule has 2 heterocycles. The van der Waals surface area contributed by atoms with Gasteiger partial charge in [0, 0.05) is 29.4 Å². The van der Waals surface area contributed by atoms with Crippen LogP contribution in [0.4, 0.5) is 14.5 Å². The Morgan fingerprint density at radius 1 is 1.03 bits per heavy atom. The normalized spacial score (nSPS) is 11.5. The van der Waals surface area contributed by atoms with Gasteiger partial charge >= 0.3 is 0 Å². The number of pyridine rings is 1. The van der Waals surface area contributed by atoms with Crippen molar-refractivity contribution in [2.24, 2.45) is 0 Å². The summed E-state index contributed by atoms with van der Waals surface area (Å²) >= 11 is 0. The molecule has 0 aliphatic heterocycles. The van der Waals surface area contributed by atoms with Crippen molar-refractivity contribution in [3.63, 3.8) is 0 Å². The summed E-state index contributed by atoms with van der Waals surface area (Å²) in [6.45, 7) is 0. The van der Waals surface area contributed by atoms with Crippen LogP contribution in [0, 0.1) is 23.0 Å². The van der Waals surface area contributed by atoms with Crippen LogP contribution >= 0.6 is 0 Å². The highest BCUT2D eigenvalue weighted by molar-refractivity contribution is 5.91. The van der Waals surface area contributed by atoms with Gasteiger partial charge in [0.1, 0.15) is 29.2 Å². The van der Waals surface area contributed by atoms with Gasteiger partial charge in [-0.3, -0.25) is 4.79 Å². The van der Waals surface area contributed by atoms with Crippen LogP contribution in [-0.2, 0) is 4.79 Å². The molecular formula is C25H17F2N3O2. The van der Waals surface area contributed by atoms with Gasteiger partial charge in [-0.2, -0.15) is 5.26 Å². The number of nitrogens with zero attached hydrogens (tertiary/aromatic N) is 2. The molecule has 0 saturated carbocycles. The van der Waals surface area contributed by atoms with Gasteiger partial charge in [0.2, 0.25) is 5.91 Å². The number of furan rings is 1. The Hall–Kier alpha value is -4.31. The monoisotopic (exact) mass is 429 g/mol. The summed E-state index contributed by atoms with van der Waals surface area (Å²) in [5, 5.41) is 11.8. The predicted octanol–water partition coefficient (Wildman–Crippen LogP) is 5.65. The van der Waals surface area contributed by atoms with Crippen LogP contribution in [0.3, 0.4) is 0 Å². The third kappa shape index (κ3) is 4.55. The van der Waals surface area contributed by atoms with Gasteiger partial charge in [-0.05, 0) is 54.1 Å². The third-order valence-corrected chi connectivity index (χ3v) is 4.99. The van der Waals surface area contributed by atoms with Gasteiger partial charge in [-0.25, -0.2) is 13.8 Å². The molecule has 1 N–H and O–H groups in total. The molecule has 0 aliphatic carbocycles. The maximum absolute atomic E-state index is 14.6. The molecule has 0 radical (unpaired) electrons. The number of amides is 1. The molecule has 32 heavy (non-hydrogen) atoms. The molecule has 0 fully saturated rings. The van der Waals surface area contributed by atoms with Crippen molar-refractivity contribution in [2.45, 2.75) is 12.3 Å². The second kappa shape index (κ2) is 9.23. The summed E-state index contributed by atoms with van der Waals surface area (Å²) in [6.07, 6.45) is 3.00. The van der Waals surface area contributed by atoms with E-state index in [1.165, 1.54) is 42.8 Å². The number of anilines is 1. The van der Waals surface area contributed by atoms with Gasteiger partial charge in [0.15, 0.2) is 0 Å². The van der Waals surface area contributed by atoms with E-state index in [4.69, 9.17) is 9.68 Å². The Morgan fingerprint density at radius 2 is 1.84 bits per heavy atom. The SMILES string of the molecule is N#Cc1cc(C(CC(=O)Nc2ccc(-c3ccccc3F)c(F)c2)c2ccco2)ccn1. The number of halogens is 2. The molecule has 1 amide bonds. The van der Waals surface area contributed by atoms with Crippen molar-refractivity contribution in [3.8, 4) is 17.2 Å². The minimum atomic E-state index is -0.650. The summed E-state index contributed by atoms with van der Waals surface area (Å²) < 4.78 is 34.1. The van der Waals surface area contributed by atoms with Gasteiger partial charge in [0.05, 0.1) is 12.2 Å². The molecule has 158 valence electrons. The molecule has 4 aromatic rings. The number of benzene rings is 2. The fourth-order valence-electron chi connectivity index (χ4n) is 3.49. The molecule has 2 aromatic heterocycles. The fourth-order valence-corrected chi connectivity index (χ4v) is 3.49. The van der Waals surface area contributed by atoms with Crippen LogP contribution in [0.1, 0.15) is 29.4 Å². The lowest BCUT2D eigenvalue weighted by Crippen LogP contribution is -2.16. The first kappa shape index (κ1) is 20.9. The van der Waals surface area contributed by atoms with Crippen LogP contribution in [0.2, 0.25) is 0 Å². The van der Waals surface area contributed by atoms with Gasteiger partial charge in [-0.15, -0.1) is 0 Å². The Bertz CT molecular complexity index is 1300. The summed E-state index contributed by atoms with van der Waals surface area (Å²) in [4.78, 5) is 16.7. The molecule has 2 aromatic carbocycles. The van der Waals surface area contributed by atoms with Crippen LogP contribution in [0.15, 0.2) is 83.6 Å². The number of nitrogens with one attached hydrogen (secondary N) is 1. The molecule has 5 nitrogen and oxygen atoms in total. The van der Waals surface area contributed by atoms with E-state index >= 15 is 0 Å². The lowest BCUT2D eigenvalue weighted by atomic mass is 9.93. The van der Waals surface area contributed by atoms with Crippen LogP contribution in [-0.4, -0.2) is 10.9 Å². The summed E-state index contributed by atoms with van der Waals surface area (Å²) in [7, 11) is 0. The van der Waals surface area contributed by atoms with Crippen molar-refractivity contribution in [2.75, 3.05) is 5.32 Å². The molecule has 1 atom stereocenters. The molecule has 0 spiro atoms. The molecule has 4 rings (SSSR count). The number of hydrogen-bond donors (Lipinski definition) is 1. The maximum Gasteiger partial charge on any atom is 0.225 e. The van der Waals surface area contributed by atoms with Gasteiger partial charge < -0.3 is 9.73 Å². The van der Waals surface area contributed by atoms with Crippen molar-refractivity contribution in [1.82, 2.24) is 4.98 Å². The topological polar surface area (TPSA) is 78.9 Å². The molecule has 0 bridgehead atoms. The van der Waals surface area contributed by atoms with E-state index in [1.807, 2.05) is 6.07 Å². The number of carbonyl (C=O) groups excluding carboxylic acids is 1. The Labute approximate surface area is 183 Å². The van der Waals surface area contributed by atoms with Crippen molar-refractivity contribution in [1.29, 1.82) is 5.26 Å². The van der Waals surface area contributed by atoms with Crippen molar-refractivity contribution >= 4 is 11.6 Å². The number of aromatic nitrogens is 1. The highest BCUT2D eigenvalue weighted by atomic mass is 19.1. The third-order valence-electron chi connectivity index (χ3n) is 4.99. The number of nitriles is 1. The first-order chi connectivity index (χ1) is 15.5. The van der Waals surface area contributed by atoms with Gasteiger partial charge in [-0.1, -0.05) is 18.2 Å². The molecule has 7 heteroatoms. The summed E-state index contributed by atoms with van der Waals surface area (Å²) in [6, 6.07) is 18.8. The van der Waals surface area contributed by atoms with Crippen LogP contribution < -0.4 is 5.32 Å². The Balaban J connectivity index is 1.54. The van der Waals surface area contributed by atoms with Crippen molar-refractivity contribution in [3.05, 3.63) is 108 Å². The zero-order chi connectivity index (χ0) is 22.5. The number of rotatable bonds is 6.